The van der Waals surface area contributed by atoms with Crippen molar-refractivity contribution >= 4 is 23.7 Å². The SMILES string of the molecule is CNC(=O)Nc1ccc2c(c1)CC[C@]21OC(=O)N(CC(=O)N2Cc3cccnc3CC[C@H]2C2CC2)C1O. The molecular weight excluding hydrogens is 474 g/mol. The summed E-state index contributed by atoms with van der Waals surface area (Å²) in [4.78, 5) is 45.9. The van der Waals surface area contributed by atoms with Gasteiger partial charge in [-0.3, -0.25) is 14.7 Å². The van der Waals surface area contributed by atoms with Crippen LogP contribution in [0.5, 0.6) is 0 Å². The van der Waals surface area contributed by atoms with Crippen LogP contribution < -0.4 is 10.6 Å². The smallest absolute Gasteiger partial charge is 0.413 e. The lowest BCUT2D eigenvalue weighted by molar-refractivity contribution is -0.138. The van der Waals surface area contributed by atoms with E-state index in [-0.39, 0.29) is 24.5 Å². The molecular formula is C27H31N5O5. The molecule has 3 N–H and O–H groups in total. The van der Waals surface area contributed by atoms with Gasteiger partial charge < -0.3 is 25.4 Å². The molecule has 1 saturated carbocycles. The molecule has 37 heavy (non-hydrogen) atoms. The number of aryl methyl sites for hydroxylation is 2. The van der Waals surface area contributed by atoms with Crippen LogP contribution in [-0.2, 0) is 34.5 Å². The summed E-state index contributed by atoms with van der Waals surface area (Å²) in [5.41, 5.74) is 3.03. The number of carbonyl (C=O) groups is 3. The summed E-state index contributed by atoms with van der Waals surface area (Å²) in [6.45, 7) is 0.212. The van der Waals surface area contributed by atoms with Crippen LogP contribution in [0.2, 0.25) is 0 Å². The minimum atomic E-state index is -1.29. The fourth-order valence-electron chi connectivity index (χ4n) is 6.15. The zero-order valence-electron chi connectivity index (χ0n) is 20.8. The number of fused-ring (bicyclic) bond motifs is 3. The molecule has 10 nitrogen and oxygen atoms in total. The Kier molecular flexibility index (Phi) is 5.78. The Morgan fingerprint density at radius 2 is 2.03 bits per heavy atom. The van der Waals surface area contributed by atoms with Crippen molar-refractivity contribution in [2.45, 2.75) is 62.9 Å². The second kappa shape index (κ2) is 9.02. The number of rotatable bonds is 4. The molecule has 1 spiro atoms. The number of hydrogen-bond donors (Lipinski definition) is 3. The van der Waals surface area contributed by atoms with E-state index in [1.54, 1.807) is 18.3 Å². The molecule has 3 heterocycles. The van der Waals surface area contributed by atoms with Gasteiger partial charge in [0.05, 0.1) is 0 Å². The van der Waals surface area contributed by atoms with Gasteiger partial charge in [-0.2, -0.15) is 0 Å². The lowest BCUT2D eigenvalue weighted by Crippen LogP contribution is -2.49. The highest BCUT2D eigenvalue weighted by molar-refractivity contribution is 5.89. The standard InChI is InChI=1S/C27H31N5O5/c1-28-25(35)30-19-6-7-20-17(13-19)10-11-27(20)24(34)32(26(36)37-27)15-23(33)31-14-18-3-2-12-29-21(18)8-9-22(31)16-4-5-16/h2-3,6-7,12-13,16,22,24,34H,4-5,8-11,14-15H2,1H3,(H2,28,30,35)/t22-,24?,27-/m0/s1. The summed E-state index contributed by atoms with van der Waals surface area (Å²) in [6.07, 6.45) is 4.65. The van der Waals surface area contributed by atoms with Crippen molar-refractivity contribution in [3.63, 3.8) is 0 Å². The molecule has 2 aliphatic carbocycles. The van der Waals surface area contributed by atoms with Crippen LogP contribution in [0.1, 0.15) is 48.1 Å². The highest BCUT2D eigenvalue weighted by Gasteiger charge is 2.58. The average molecular weight is 506 g/mol. The summed E-state index contributed by atoms with van der Waals surface area (Å²) in [5, 5.41) is 16.6. The summed E-state index contributed by atoms with van der Waals surface area (Å²) in [6, 6.07) is 8.99. The first kappa shape index (κ1) is 23.7. The van der Waals surface area contributed by atoms with Gasteiger partial charge in [0.2, 0.25) is 5.91 Å². The van der Waals surface area contributed by atoms with E-state index in [2.05, 4.69) is 15.6 Å². The van der Waals surface area contributed by atoms with Crippen LogP contribution in [0.25, 0.3) is 0 Å². The van der Waals surface area contributed by atoms with E-state index in [9.17, 15) is 19.5 Å². The lowest BCUT2D eigenvalue weighted by Gasteiger charge is -2.33. The monoisotopic (exact) mass is 505 g/mol. The van der Waals surface area contributed by atoms with Gasteiger partial charge in [0.15, 0.2) is 11.8 Å². The van der Waals surface area contributed by atoms with Crippen LogP contribution in [-0.4, -0.2) is 63.8 Å². The van der Waals surface area contributed by atoms with Crippen molar-refractivity contribution in [3.8, 4) is 0 Å². The molecule has 6 rings (SSSR count). The molecule has 0 radical (unpaired) electrons. The van der Waals surface area contributed by atoms with Crippen molar-refractivity contribution in [1.29, 1.82) is 0 Å². The number of urea groups is 1. The number of amides is 4. The largest absolute Gasteiger partial charge is 0.433 e. The van der Waals surface area contributed by atoms with E-state index in [0.29, 0.717) is 36.6 Å². The van der Waals surface area contributed by atoms with E-state index in [1.807, 2.05) is 23.1 Å². The Hall–Kier alpha value is -3.66. The number of ether oxygens (including phenoxy) is 1. The topological polar surface area (TPSA) is 124 Å². The molecule has 4 amide bonds. The Labute approximate surface area is 215 Å². The van der Waals surface area contributed by atoms with Crippen LogP contribution in [0.4, 0.5) is 15.3 Å². The van der Waals surface area contributed by atoms with Crippen LogP contribution >= 0.6 is 0 Å². The molecule has 194 valence electrons. The molecule has 3 atom stereocenters. The van der Waals surface area contributed by atoms with Gasteiger partial charge in [-0.25, -0.2) is 9.59 Å². The van der Waals surface area contributed by atoms with E-state index < -0.39 is 17.9 Å². The Bertz CT molecular complexity index is 1260. The number of nitrogens with one attached hydrogen (secondary N) is 2. The first-order valence-corrected chi connectivity index (χ1v) is 12.9. The summed E-state index contributed by atoms with van der Waals surface area (Å²) in [7, 11) is 1.54. The minimum absolute atomic E-state index is 0.102. The van der Waals surface area contributed by atoms with Crippen molar-refractivity contribution in [3.05, 3.63) is 58.9 Å². The molecule has 4 aliphatic rings. The number of aliphatic hydroxyl groups excluding tert-OH is 1. The highest BCUT2D eigenvalue weighted by Crippen LogP contribution is 2.48. The second-order valence-corrected chi connectivity index (χ2v) is 10.4. The molecule has 2 aliphatic heterocycles. The normalized spacial score (nSPS) is 26.4. The van der Waals surface area contributed by atoms with Gasteiger partial charge in [-0.15, -0.1) is 0 Å². The Balaban J connectivity index is 1.22. The number of nitrogens with zero attached hydrogens (tertiary/aromatic N) is 3. The van der Waals surface area contributed by atoms with Crippen molar-refractivity contribution in [1.82, 2.24) is 20.1 Å². The Morgan fingerprint density at radius 3 is 2.81 bits per heavy atom. The third kappa shape index (κ3) is 4.09. The summed E-state index contributed by atoms with van der Waals surface area (Å²) < 4.78 is 5.82. The molecule has 1 aromatic heterocycles. The predicted octanol–water partition coefficient (Wildman–Crippen LogP) is 2.50. The van der Waals surface area contributed by atoms with E-state index in [0.717, 1.165) is 47.4 Å². The number of aliphatic hydroxyl groups is 1. The maximum Gasteiger partial charge on any atom is 0.413 e. The number of aromatic nitrogens is 1. The zero-order chi connectivity index (χ0) is 25.7. The van der Waals surface area contributed by atoms with Gasteiger partial charge in [0.1, 0.15) is 6.54 Å². The first-order chi connectivity index (χ1) is 17.9. The molecule has 10 heteroatoms. The van der Waals surface area contributed by atoms with Gasteiger partial charge in [-0.1, -0.05) is 12.1 Å². The van der Waals surface area contributed by atoms with Crippen LogP contribution in [0.3, 0.4) is 0 Å². The fourth-order valence-corrected chi connectivity index (χ4v) is 6.15. The average Bonchev–Trinajstić information content (AvgIpc) is 3.66. The van der Waals surface area contributed by atoms with Gasteiger partial charge in [0, 0.05) is 49.2 Å². The van der Waals surface area contributed by atoms with Gasteiger partial charge >= 0.3 is 12.1 Å². The number of hydrogen-bond acceptors (Lipinski definition) is 6. The van der Waals surface area contributed by atoms with Crippen LogP contribution in [0.15, 0.2) is 36.5 Å². The second-order valence-electron chi connectivity index (χ2n) is 10.4. The fraction of sp³-hybridized carbons (Fsp3) is 0.481. The number of carbonyl (C=O) groups excluding carboxylic acids is 3. The van der Waals surface area contributed by atoms with Crippen LogP contribution in [0, 0.1) is 5.92 Å². The zero-order valence-corrected chi connectivity index (χ0v) is 20.8. The molecule has 1 saturated heterocycles. The van der Waals surface area contributed by atoms with Gasteiger partial charge in [0.25, 0.3) is 0 Å². The predicted molar refractivity (Wildman–Crippen MR) is 133 cm³/mol. The first-order valence-electron chi connectivity index (χ1n) is 12.9. The molecule has 1 unspecified atom stereocenters. The minimum Gasteiger partial charge on any atom is -0.433 e. The summed E-state index contributed by atoms with van der Waals surface area (Å²) in [5.74, 6) is 0.282. The molecule has 1 aromatic carbocycles. The molecule has 2 aromatic rings. The quantitative estimate of drug-likeness (QED) is 0.587. The third-order valence-electron chi connectivity index (χ3n) is 8.22. The van der Waals surface area contributed by atoms with E-state index in [1.165, 1.54) is 7.05 Å². The number of benzene rings is 1. The van der Waals surface area contributed by atoms with Crippen molar-refractivity contribution < 1.29 is 24.2 Å². The van der Waals surface area contributed by atoms with Crippen molar-refractivity contribution in [2.24, 2.45) is 5.92 Å². The molecule has 0 bridgehead atoms. The van der Waals surface area contributed by atoms with E-state index >= 15 is 0 Å². The number of pyridine rings is 1. The maximum absolute atomic E-state index is 13.7. The number of anilines is 1. The third-order valence-corrected chi connectivity index (χ3v) is 8.22. The van der Waals surface area contributed by atoms with Gasteiger partial charge in [-0.05, 0) is 67.3 Å². The van der Waals surface area contributed by atoms with Crippen molar-refractivity contribution in [2.75, 3.05) is 18.9 Å². The van der Waals surface area contributed by atoms with E-state index in [4.69, 9.17) is 4.74 Å². The maximum atomic E-state index is 13.7. The lowest BCUT2D eigenvalue weighted by atomic mass is 9.93. The molecule has 2 fully saturated rings. The highest BCUT2D eigenvalue weighted by atomic mass is 16.6. The Morgan fingerprint density at radius 1 is 1.19 bits per heavy atom. The summed E-state index contributed by atoms with van der Waals surface area (Å²) >= 11 is 0.